The Labute approximate surface area is 139 Å². The summed E-state index contributed by atoms with van der Waals surface area (Å²) >= 11 is 0. The Hall–Kier alpha value is -2.29. The van der Waals surface area contributed by atoms with Crippen LogP contribution in [0, 0.1) is 6.92 Å². The fourth-order valence-corrected chi connectivity index (χ4v) is 2.52. The van der Waals surface area contributed by atoms with Crippen LogP contribution >= 0.6 is 0 Å². The predicted molar refractivity (Wildman–Crippen MR) is 96.5 cm³/mol. The molecule has 2 aromatic carbocycles. The molecule has 2 rings (SSSR count). The van der Waals surface area contributed by atoms with Crippen molar-refractivity contribution in [2.75, 3.05) is 5.32 Å². The van der Waals surface area contributed by atoms with E-state index in [-0.39, 0.29) is 11.9 Å². The number of benzene rings is 2. The molecule has 0 saturated carbocycles. The zero-order valence-electron chi connectivity index (χ0n) is 14.2. The summed E-state index contributed by atoms with van der Waals surface area (Å²) in [6.07, 6.45) is 2.23. The highest BCUT2D eigenvalue weighted by Crippen LogP contribution is 2.12. The van der Waals surface area contributed by atoms with Crippen molar-refractivity contribution in [3.05, 3.63) is 65.2 Å². The molecule has 0 fully saturated rings. The first-order chi connectivity index (χ1) is 11.1. The van der Waals surface area contributed by atoms with Gasteiger partial charge in [0.25, 0.3) is 0 Å². The number of anilines is 1. The summed E-state index contributed by atoms with van der Waals surface area (Å²) in [5, 5.41) is 6.24. The van der Waals surface area contributed by atoms with E-state index >= 15 is 0 Å². The van der Waals surface area contributed by atoms with Crippen molar-refractivity contribution in [1.29, 1.82) is 0 Å². The minimum Gasteiger partial charge on any atom is -0.374 e. The second-order valence-electron chi connectivity index (χ2n) is 5.96. The predicted octanol–water partition coefficient (Wildman–Crippen LogP) is 4.06. The smallest absolute Gasteiger partial charge is 0.242 e. The van der Waals surface area contributed by atoms with Gasteiger partial charge in [0.1, 0.15) is 6.04 Å². The van der Waals surface area contributed by atoms with Gasteiger partial charge in [-0.05, 0) is 49.1 Å². The summed E-state index contributed by atoms with van der Waals surface area (Å²) in [6.45, 7) is 6.67. The third-order valence-electron chi connectivity index (χ3n) is 3.98. The van der Waals surface area contributed by atoms with E-state index < -0.39 is 0 Å². The van der Waals surface area contributed by atoms with E-state index in [2.05, 4.69) is 42.7 Å². The Morgan fingerprint density at radius 2 is 1.78 bits per heavy atom. The molecule has 3 heteroatoms. The van der Waals surface area contributed by atoms with Gasteiger partial charge in [-0.3, -0.25) is 4.79 Å². The molecular weight excluding hydrogens is 284 g/mol. The van der Waals surface area contributed by atoms with Crippen LogP contribution in [0.4, 0.5) is 5.69 Å². The van der Waals surface area contributed by atoms with E-state index in [1.165, 1.54) is 11.1 Å². The SMILES string of the molecule is CCCc1ccc(NC(C)C(=O)NCc2ccccc2C)cc1. The summed E-state index contributed by atoms with van der Waals surface area (Å²) in [6, 6.07) is 16.1. The number of nitrogens with one attached hydrogen (secondary N) is 2. The maximum absolute atomic E-state index is 12.2. The van der Waals surface area contributed by atoms with Crippen LogP contribution in [0.2, 0.25) is 0 Å². The van der Waals surface area contributed by atoms with Crippen molar-refractivity contribution in [3.8, 4) is 0 Å². The summed E-state index contributed by atoms with van der Waals surface area (Å²) < 4.78 is 0. The summed E-state index contributed by atoms with van der Waals surface area (Å²) in [5.41, 5.74) is 4.65. The second-order valence-corrected chi connectivity index (χ2v) is 5.96. The third-order valence-corrected chi connectivity index (χ3v) is 3.98. The number of hydrogen-bond donors (Lipinski definition) is 2. The van der Waals surface area contributed by atoms with Gasteiger partial charge in [0.05, 0.1) is 0 Å². The molecule has 0 aromatic heterocycles. The van der Waals surface area contributed by atoms with Crippen LogP contribution in [0.1, 0.15) is 37.0 Å². The third kappa shape index (κ3) is 5.13. The molecule has 0 aliphatic rings. The van der Waals surface area contributed by atoms with E-state index in [0.29, 0.717) is 6.54 Å². The lowest BCUT2D eigenvalue weighted by Crippen LogP contribution is -2.37. The fourth-order valence-electron chi connectivity index (χ4n) is 2.52. The number of hydrogen-bond acceptors (Lipinski definition) is 2. The standard InChI is InChI=1S/C20H26N2O/c1-4-7-17-10-12-19(13-11-17)22-16(3)20(23)21-14-18-9-6-5-8-15(18)2/h5-6,8-13,16,22H,4,7,14H2,1-3H3,(H,21,23). The van der Waals surface area contributed by atoms with E-state index in [0.717, 1.165) is 24.1 Å². The van der Waals surface area contributed by atoms with Crippen LogP contribution < -0.4 is 10.6 Å². The normalized spacial score (nSPS) is 11.8. The van der Waals surface area contributed by atoms with Gasteiger partial charge in [-0.2, -0.15) is 0 Å². The van der Waals surface area contributed by atoms with Crippen molar-refractivity contribution in [2.45, 2.75) is 46.2 Å². The van der Waals surface area contributed by atoms with Gasteiger partial charge in [0.15, 0.2) is 0 Å². The van der Waals surface area contributed by atoms with E-state index in [9.17, 15) is 4.79 Å². The fraction of sp³-hybridized carbons (Fsp3) is 0.350. The van der Waals surface area contributed by atoms with Crippen LogP contribution in [0.3, 0.4) is 0 Å². The Balaban J connectivity index is 1.86. The van der Waals surface area contributed by atoms with Gasteiger partial charge < -0.3 is 10.6 Å². The monoisotopic (exact) mass is 310 g/mol. The second kappa shape index (κ2) is 8.37. The minimum atomic E-state index is -0.268. The molecule has 1 amide bonds. The molecule has 0 aliphatic heterocycles. The molecule has 0 saturated heterocycles. The van der Waals surface area contributed by atoms with Gasteiger partial charge >= 0.3 is 0 Å². The van der Waals surface area contributed by atoms with Crippen molar-refractivity contribution < 1.29 is 4.79 Å². The largest absolute Gasteiger partial charge is 0.374 e. The lowest BCUT2D eigenvalue weighted by Gasteiger charge is -2.16. The number of rotatable bonds is 7. The molecule has 2 N–H and O–H groups in total. The van der Waals surface area contributed by atoms with Crippen molar-refractivity contribution in [1.82, 2.24) is 5.32 Å². The molecule has 0 spiro atoms. The molecule has 2 aromatic rings. The Morgan fingerprint density at radius 3 is 2.43 bits per heavy atom. The van der Waals surface area contributed by atoms with E-state index in [1.807, 2.05) is 37.3 Å². The molecule has 1 atom stereocenters. The van der Waals surface area contributed by atoms with Gasteiger partial charge in [0, 0.05) is 12.2 Å². The average molecular weight is 310 g/mol. The van der Waals surface area contributed by atoms with Crippen molar-refractivity contribution in [2.24, 2.45) is 0 Å². The molecule has 23 heavy (non-hydrogen) atoms. The van der Waals surface area contributed by atoms with Crippen molar-refractivity contribution in [3.63, 3.8) is 0 Å². The van der Waals surface area contributed by atoms with Gasteiger partial charge in [-0.25, -0.2) is 0 Å². The maximum Gasteiger partial charge on any atom is 0.242 e. The maximum atomic E-state index is 12.2. The van der Waals surface area contributed by atoms with Gasteiger partial charge in [-0.15, -0.1) is 0 Å². The Kier molecular flexibility index (Phi) is 6.21. The molecule has 0 heterocycles. The first-order valence-corrected chi connectivity index (χ1v) is 8.28. The minimum absolute atomic E-state index is 0.00545. The van der Waals surface area contributed by atoms with Crippen molar-refractivity contribution >= 4 is 11.6 Å². The summed E-state index contributed by atoms with van der Waals surface area (Å²) in [7, 11) is 0. The van der Waals surface area contributed by atoms with Crippen LogP contribution in [0.5, 0.6) is 0 Å². The highest BCUT2D eigenvalue weighted by molar-refractivity contribution is 5.84. The number of aryl methyl sites for hydroxylation is 2. The molecule has 0 radical (unpaired) electrons. The molecular formula is C20H26N2O. The van der Waals surface area contributed by atoms with Gasteiger partial charge in [-0.1, -0.05) is 49.7 Å². The number of amides is 1. The van der Waals surface area contributed by atoms with E-state index in [4.69, 9.17) is 0 Å². The van der Waals surface area contributed by atoms with E-state index in [1.54, 1.807) is 0 Å². The molecule has 122 valence electrons. The Bertz CT molecular complexity index is 634. The van der Waals surface area contributed by atoms with Crippen LogP contribution in [0.15, 0.2) is 48.5 Å². The topological polar surface area (TPSA) is 41.1 Å². The lowest BCUT2D eigenvalue weighted by atomic mass is 10.1. The summed E-state index contributed by atoms with van der Waals surface area (Å²) in [5.74, 6) is 0.00545. The Morgan fingerprint density at radius 1 is 1.09 bits per heavy atom. The van der Waals surface area contributed by atoms with Crippen LogP contribution in [-0.2, 0) is 17.8 Å². The molecule has 1 unspecified atom stereocenters. The first-order valence-electron chi connectivity index (χ1n) is 8.28. The lowest BCUT2D eigenvalue weighted by molar-refractivity contribution is -0.121. The number of carbonyl (C=O) groups excluding carboxylic acids is 1. The molecule has 3 nitrogen and oxygen atoms in total. The summed E-state index contributed by atoms with van der Waals surface area (Å²) in [4.78, 5) is 12.2. The number of carbonyl (C=O) groups is 1. The van der Waals surface area contributed by atoms with Crippen LogP contribution in [0.25, 0.3) is 0 Å². The molecule has 0 bridgehead atoms. The zero-order valence-corrected chi connectivity index (χ0v) is 14.2. The molecule has 0 aliphatic carbocycles. The van der Waals surface area contributed by atoms with Gasteiger partial charge in [0.2, 0.25) is 5.91 Å². The highest BCUT2D eigenvalue weighted by atomic mass is 16.2. The average Bonchev–Trinajstić information content (AvgIpc) is 2.56. The zero-order chi connectivity index (χ0) is 16.7. The highest BCUT2D eigenvalue weighted by Gasteiger charge is 2.12. The quantitative estimate of drug-likeness (QED) is 0.809. The van der Waals surface area contributed by atoms with Crippen LogP contribution in [-0.4, -0.2) is 11.9 Å². The first kappa shape index (κ1) is 17.1.